The normalized spacial score (nSPS) is 11.2. The molecule has 0 saturated carbocycles. The van der Waals surface area contributed by atoms with E-state index in [2.05, 4.69) is 14.5 Å². The first-order valence-electron chi connectivity index (χ1n) is 3.94. The van der Waals surface area contributed by atoms with Gasteiger partial charge in [-0.15, -0.1) is 13.2 Å². The number of ether oxygens (including phenoxy) is 2. The minimum atomic E-state index is -4.87. The fourth-order valence-corrected chi connectivity index (χ4v) is 2.05. The molecule has 0 radical (unpaired) electrons. The van der Waals surface area contributed by atoms with Gasteiger partial charge in [0, 0.05) is 9.64 Å². The predicted octanol–water partition coefficient (Wildman–Crippen LogP) is 2.97. The van der Waals surface area contributed by atoms with Gasteiger partial charge >= 0.3 is 6.36 Å². The summed E-state index contributed by atoms with van der Waals surface area (Å²) in [6.45, 7) is 0. The fourth-order valence-electron chi connectivity index (χ4n) is 0.968. The maximum absolute atomic E-state index is 12.0. The largest absolute Gasteiger partial charge is 0.574 e. The van der Waals surface area contributed by atoms with Crippen LogP contribution in [0.15, 0.2) is 6.07 Å². The van der Waals surface area contributed by atoms with Crippen molar-refractivity contribution in [2.24, 2.45) is 0 Å². The molecule has 1 aromatic heterocycles. The third-order valence-corrected chi connectivity index (χ3v) is 2.56. The minimum absolute atomic E-state index is 0.107. The Morgan fingerprint density at radius 1 is 1.53 bits per heavy atom. The van der Waals surface area contributed by atoms with Gasteiger partial charge in [-0.3, -0.25) is 4.79 Å². The van der Waals surface area contributed by atoms with E-state index >= 15 is 0 Å². The number of aromatic nitrogens is 1. The molecule has 0 aromatic carbocycles. The molecule has 0 aliphatic carbocycles. The Labute approximate surface area is 112 Å². The second-order valence-corrected chi connectivity index (χ2v) is 4.15. The molecule has 0 atom stereocenters. The van der Waals surface area contributed by atoms with E-state index in [1.807, 2.05) is 0 Å². The fraction of sp³-hybridized carbons (Fsp3) is 0.250. The molecule has 94 valence electrons. The van der Waals surface area contributed by atoms with Gasteiger partial charge in [0.05, 0.1) is 7.11 Å². The van der Waals surface area contributed by atoms with Gasteiger partial charge in [0.25, 0.3) is 5.24 Å². The van der Waals surface area contributed by atoms with Gasteiger partial charge in [-0.2, -0.15) is 4.98 Å². The van der Waals surface area contributed by atoms with Crippen LogP contribution in [0, 0.1) is 3.57 Å². The lowest BCUT2D eigenvalue weighted by molar-refractivity contribution is -0.276. The molecule has 17 heavy (non-hydrogen) atoms. The highest BCUT2D eigenvalue weighted by Gasteiger charge is 2.32. The van der Waals surface area contributed by atoms with Gasteiger partial charge in [0.15, 0.2) is 0 Å². The van der Waals surface area contributed by atoms with E-state index in [1.165, 1.54) is 0 Å². The predicted molar refractivity (Wildman–Crippen MR) is 60.4 cm³/mol. The van der Waals surface area contributed by atoms with Crippen LogP contribution in [0.25, 0.3) is 0 Å². The van der Waals surface area contributed by atoms with E-state index in [0.29, 0.717) is 0 Å². The van der Waals surface area contributed by atoms with Crippen molar-refractivity contribution in [1.29, 1.82) is 0 Å². The van der Waals surface area contributed by atoms with Crippen molar-refractivity contribution in [1.82, 2.24) is 4.98 Å². The van der Waals surface area contributed by atoms with E-state index < -0.39 is 17.5 Å². The van der Waals surface area contributed by atoms with Crippen LogP contribution < -0.4 is 9.47 Å². The third kappa shape index (κ3) is 3.87. The standard InChI is InChI=1S/C8H4ClF3INO3/c1-16-7-5(6(9)15)3(13)2-4(14-7)17-8(10,11)12/h2H,1H3. The average molecular weight is 381 g/mol. The number of halogens is 5. The Morgan fingerprint density at radius 2 is 2.12 bits per heavy atom. The molecule has 0 aliphatic heterocycles. The monoisotopic (exact) mass is 381 g/mol. The molecular weight excluding hydrogens is 377 g/mol. The molecule has 0 spiro atoms. The Kier molecular flexibility index (Phi) is 4.42. The summed E-state index contributed by atoms with van der Waals surface area (Å²) in [5.74, 6) is -1.04. The van der Waals surface area contributed by atoms with Crippen LogP contribution in [-0.4, -0.2) is 23.7 Å². The van der Waals surface area contributed by atoms with Crippen LogP contribution in [-0.2, 0) is 0 Å². The summed E-state index contributed by atoms with van der Waals surface area (Å²) in [7, 11) is 1.15. The molecule has 0 amide bonds. The first-order chi connectivity index (χ1) is 7.74. The number of methoxy groups -OCH3 is 1. The lowest BCUT2D eigenvalue weighted by Crippen LogP contribution is -2.18. The van der Waals surface area contributed by atoms with Crippen molar-refractivity contribution in [2.45, 2.75) is 6.36 Å². The van der Waals surface area contributed by atoms with Crippen molar-refractivity contribution in [2.75, 3.05) is 7.11 Å². The Bertz CT molecular complexity index is 452. The maximum atomic E-state index is 12.0. The first kappa shape index (κ1) is 14.3. The van der Waals surface area contributed by atoms with Gasteiger partial charge in [0.1, 0.15) is 5.56 Å². The van der Waals surface area contributed by atoms with Gasteiger partial charge in [-0.25, -0.2) is 0 Å². The summed E-state index contributed by atoms with van der Waals surface area (Å²) in [4.78, 5) is 14.4. The van der Waals surface area contributed by atoms with Crippen molar-refractivity contribution in [3.05, 3.63) is 15.2 Å². The third-order valence-electron chi connectivity index (χ3n) is 1.52. The maximum Gasteiger partial charge on any atom is 0.574 e. The van der Waals surface area contributed by atoms with Gasteiger partial charge in [-0.1, -0.05) is 0 Å². The summed E-state index contributed by atoms with van der Waals surface area (Å²) in [5.41, 5.74) is -0.107. The number of pyridine rings is 1. The zero-order valence-electron chi connectivity index (χ0n) is 8.14. The first-order valence-corrected chi connectivity index (χ1v) is 5.40. The molecule has 9 heteroatoms. The number of hydrogen-bond donors (Lipinski definition) is 0. The second kappa shape index (κ2) is 5.25. The quantitative estimate of drug-likeness (QED) is 0.597. The summed E-state index contributed by atoms with van der Waals surface area (Å²) < 4.78 is 44.3. The minimum Gasteiger partial charge on any atom is -0.480 e. The number of carbonyl (C=O) groups is 1. The highest BCUT2D eigenvalue weighted by atomic mass is 127. The molecule has 1 rings (SSSR count). The Balaban J connectivity index is 3.23. The Hall–Kier alpha value is -0.770. The smallest absolute Gasteiger partial charge is 0.480 e. The van der Waals surface area contributed by atoms with Crippen molar-refractivity contribution >= 4 is 39.4 Å². The van der Waals surface area contributed by atoms with E-state index in [-0.39, 0.29) is 15.0 Å². The van der Waals surface area contributed by atoms with Crippen LogP contribution in [0.4, 0.5) is 13.2 Å². The van der Waals surface area contributed by atoms with E-state index in [9.17, 15) is 18.0 Å². The highest BCUT2D eigenvalue weighted by Crippen LogP contribution is 2.30. The average Bonchev–Trinajstić information content (AvgIpc) is 2.12. The summed E-state index contributed by atoms with van der Waals surface area (Å²) in [6.07, 6.45) is -4.87. The van der Waals surface area contributed by atoms with Gasteiger partial charge < -0.3 is 9.47 Å². The number of alkyl halides is 3. The van der Waals surface area contributed by atoms with E-state index in [4.69, 9.17) is 11.6 Å². The van der Waals surface area contributed by atoms with Crippen LogP contribution in [0.3, 0.4) is 0 Å². The molecule has 0 fully saturated rings. The molecular formula is C8H4ClF3INO3. The van der Waals surface area contributed by atoms with Crippen molar-refractivity contribution in [3.8, 4) is 11.8 Å². The zero-order chi connectivity index (χ0) is 13.2. The van der Waals surface area contributed by atoms with Crippen LogP contribution >= 0.6 is 34.2 Å². The molecule has 1 aromatic rings. The van der Waals surface area contributed by atoms with E-state index in [0.717, 1.165) is 13.2 Å². The lowest BCUT2D eigenvalue weighted by Gasteiger charge is -2.11. The summed E-state index contributed by atoms with van der Waals surface area (Å²) in [5, 5.41) is -0.877. The number of nitrogens with zero attached hydrogens (tertiary/aromatic N) is 1. The Morgan fingerprint density at radius 3 is 2.53 bits per heavy atom. The lowest BCUT2D eigenvalue weighted by atomic mass is 10.3. The van der Waals surface area contributed by atoms with Crippen LogP contribution in [0.5, 0.6) is 11.8 Å². The molecule has 0 aliphatic rings. The molecule has 0 N–H and O–H groups in total. The summed E-state index contributed by atoms with van der Waals surface area (Å²) in [6, 6.07) is 0.937. The molecule has 1 heterocycles. The zero-order valence-corrected chi connectivity index (χ0v) is 11.1. The highest BCUT2D eigenvalue weighted by molar-refractivity contribution is 14.1. The SMILES string of the molecule is COc1nc(OC(F)(F)F)cc(I)c1C(=O)Cl. The van der Waals surface area contributed by atoms with Crippen LogP contribution in [0.1, 0.15) is 10.4 Å². The molecule has 4 nitrogen and oxygen atoms in total. The van der Waals surface area contributed by atoms with Crippen LogP contribution in [0.2, 0.25) is 0 Å². The number of rotatable bonds is 3. The van der Waals surface area contributed by atoms with Gasteiger partial charge in [0.2, 0.25) is 11.8 Å². The second-order valence-electron chi connectivity index (χ2n) is 2.65. The van der Waals surface area contributed by atoms with Crippen molar-refractivity contribution in [3.63, 3.8) is 0 Å². The topological polar surface area (TPSA) is 48.4 Å². The van der Waals surface area contributed by atoms with Gasteiger partial charge in [-0.05, 0) is 34.2 Å². The molecule has 0 bridgehead atoms. The molecule has 0 saturated heterocycles. The number of hydrogen-bond acceptors (Lipinski definition) is 4. The van der Waals surface area contributed by atoms with Crippen molar-refractivity contribution < 1.29 is 27.4 Å². The number of carbonyl (C=O) groups excluding carboxylic acids is 1. The summed E-state index contributed by atoms with van der Waals surface area (Å²) >= 11 is 6.88. The van der Waals surface area contributed by atoms with E-state index in [1.54, 1.807) is 22.6 Å². The molecule has 0 unspecified atom stereocenters.